The van der Waals surface area contributed by atoms with Crippen LogP contribution >= 0.6 is 0 Å². The number of aliphatic carboxylic acids is 1. The van der Waals surface area contributed by atoms with Gasteiger partial charge in [-0.3, -0.25) is 4.79 Å². The third-order valence-electron chi connectivity index (χ3n) is 3.66. The van der Waals surface area contributed by atoms with E-state index >= 15 is 0 Å². The number of carboxylic acids is 1. The summed E-state index contributed by atoms with van der Waals surface area (Å²) < 4.78 is 2.19. The second-order valence-electron chi connectivity index (χ2n) is 5.66. The van der Waals surface area contributed by atoms with Crippen molar-refractivity contribution in [3.05, 3.63) is 54.1 Å². The molecule has 3 aromatic rings. The topological polar surface area (TPSA) is 55.1 Å². The lowest BCUT2D eigenvalue weighted by atomic mass is 10.1. The first-order chi connectivity index (χ1) is 10.6. The molecule has 1 heterocycles. The molecule has 0 fully saturated rings. The quantitative estimate of drug-likeness (QED) is 0.793. The Labute approximate surface area is 129 Å². The first-order valence-corrected chi connectivity index (χ1v) is 7.34. The minimum absolute atomic E-state index is 0.0190. The first-order valence-electron chi connectivity index (χ1n) is 7.34. The average Bonchev–Trinajstić information content (AvgIpc) is 2.86. The Kier molecular flexibility index (Phi) is 3.67. The number of aromatic nitrogens is 2. The lowest BCUT2D eigenvalue weighted by Crippen LogP contribution is -2.03. The summed E-state index contributed by atoms with van der Waals surface area (Å²) in [6.07, 6.45) is 0.0190. The molecule has 0 aliphatic rings. The molecule has 3 rings (SSSR count). The summed E-state index contributed by atoms with van der Waals surface area (Å²) >= 11 is 0. The third-order valence-corrected chi connectivity index (χ3v) is 3.66. The van der Waals surface area contributed by atoms with Crippen molar-refractivity contribution in [2.45, 2.75) is 26.3 Å². The number of rotatable bonds is 4. The molecule has 0 saturated heterocycles. The minimum Gasteiger partial charge on any atom is -0.481 e. The Hall–Kier alpha value is -2.62. The number of carbonyl (C=O) groups is 1. The zero-order valence-corrected chi connectivity index (χ0v) is 12.7. The molecule has 0 bridgehead atoms. The molecule has 0 spiro atoms. The van der Waals surface area contributed by atoms with E-state index in [0.29, 0.717) is 0 Å². The summed E-state index contributed by atoms with van der Waals surface area (Å²) in [6.45, 7) is 4.25. The summed E-state index contributed by atoms with van der Waals surface area (Å²) in [5.74, 6) is 0.0870. The summed E-state index contributed by atoms with van der Waals surface area (Å²) in [4.78, 5) is 15.6. The van der Waals surface area contributed by atoms with Crippen molar-refractivity contribution in [1.29, 1.82) is 0 Å². The molecule has 112 valence electrons. The Morgan fingerprint density at radius 1 is 1.18 bits per heavy atom. The molecule has 4 heteroatoms. The summed E-state index contributed by atoms with van der Waals surface area (Å²) in [6, 6.07) is 16.0. The molecule has 0 saturated carbocycles. The van der Waals surface area contributed by atoms with Crippen LogP contribution in [-0.2, 0) is 11.2 Å². The van der Waals surface area contributed by atoms with E-state index in [1.165, 1.54) is 0 Å². The van der Waals surface area contributed by atoms with Gasteiger partial charge >= 0.3 is 5.97 Å². The van der Waals surface area contributed by atoms with Crippen LogP contribution in [-0.4, -0.2) is 20.6 Å². The number of benzene rings is 2. The highest BCUT2D eigenvalue weighted by atomic mass is 16.4. The van der Waals surface area contributed by atoms with E-state index in [1.807, 2.05) is 48.5 Å². The molecule has 22 heavy (non-hydrogen) atoms. The normalized spacial score (nSPS) is 11.2. The summed E-state index contributed by atoms with van der Waals surface area (Å²) in [5, 5.41) is 8.94. The van der Waals surface area contributed by atoms with Gasteiger partial charge in [-0.15, -0.1) is 0 Å². The fourth-order valence-electron chi connectivity index (χ4n) is 2.74. The van der Waals surface area contributed by atoms with Gasteiger partial charge in [-0.1, -0.05) is 36.4 Å². The molecule has 1 aromatic heterocycles. The Morgan fingerprint density at radius 3 is 2.55 bits per heavy atom. The van der Waals surface area contributed by atoms with E-state index in [0.717, 1.165) is 28.0 Å². The van der Waals surface area contributed by atoms with Gasteiger partial charge in [0.1, 0.15) is 5.82 Å². The summed E-state index contributed by atoms with van der Waals surface area (Å²) in [5.41, 5.74) is 3.70. The SMILES string of the molecule is CC(C)n1c(-c2ccccc2)nc2cc(CC(=O)O)ccc21. The molecule has 2 aromatic carbocycles. The highest BCUT2D eigenvalue weighted by molar-refractivity contribution is 5.82. The molecular weight excluding hydrogens is 276 g/mol. The zero-order valence-electron chi connectivity index (χ0n) is 12.7. The highest BCUT2D eigenvalue weighted by Crippen LogP contribution is 2.28. The van der Waals surface area contributed by atoms with Crippen LogP contribution in [0.2, 0.25) is 0 Å². The zero-order chi connectivity index (χ0) is 15.7. The fraction of sp³-hybridized carbons (Fsp3) is 0.222. The van der Waals surface area contributed by atoms with Gasteiger partial charge in [0.25, 0.3) is 0 Å². The second kappa shape index (κ2) is 5.64. The predicted octanol–water partition coefficient (Wildman–Crippen LogP) is 3.91. The van der Waals surface area contributed by atoms with Gasteiger partial charge in [0.15, 0.2) is 0 Å². The second-order valence-corrected chi connectivity index (χ2v) is 5.66. The van der Waals surface area contributed by atoms with Gasteiger partial charge < -0.3 is 9.67 Å². The van der Waals surface area contributed by atoms with Crippen molar-refractivity contribution in [1.82, 2.24) is 9.55 Å². The van der Waals surface area contributed by atoms with Gasteiger partial charge in [-0.25, -0.2) is 4.98 Å². The van der Waals surface area contributed by atoms with Gasteiger partial charge in [-0.05, 0) is 31.5 Å². The molecule has 0 atom stereocenters. The van der Waals surface area contributed by atoms with Crippen molar-refractivity contribution >= 4 is 17.0 Å². The minimum atomic E-state index is -0.828. The van der Waals surface area contributed by atoms with Crippen LogP contribution in [0, 0.1) is 0 Å². The van der Waals surface area contributed by atoms with Crippen LogP contribution in [0.3, 0.4) is 0 Å². The predicted molar refractivity (Wildman–Crippen MR) is 86.9 cm³/mol. The van der Waals surface area contributed by atoms with Crippen LogP contribution in [0.25, 0.3) is 22.4 Å². The maximum atomic E-state index is 10.9. The van der Waals surface area contributed by atoms with Gasteiger partial charge in [0.05, 0.1) is 17.5 Å². The van der Waals surface area contributed by atoms with E-state index in [9.17, 15) is 4.79 Å². The van der Waals surface area contributed by atoms with Crippen LogP contribution in [0.4, 0.5) is 0 Å². The monoisotopic (exact) mass is 294 g/mol. The molecule has 4 nitrogen and oxygen atoms in total. The standard InChI is InChI=1S/C18H18N2O2/c1-12(2)20-16-9-8-13(11-17(21)22)10-15(16)19-18(20)14-6-4-3-5-7-14/h3-10,12H,11H2,1-2H3,(H,21,22). The van der Waals surface area contributed by atoms with Crippen LogP contribution in [0.1, 0.15) is 25.5 Å². The molecule has 1 N–H and O–H groups in total. The Balaban J connectivity index is 2.19. The van der Waals surface area contributed by atoms with Gasteiger partial charge in [0, 0.05) is 11.6 Å². The van der Waals surface area contributed by atoms with Crippen molar-refractivity contribution in [2.75, 3.05) is 0 Å². The molecule has 0 aliphatic carbocycles. The van der Waals surface area contributed by atoms with Crippen LogP contribution in [0.5, 0.6) is 0 Å². The smallest absolute Gasteiger partial charge is 0.307 e. The van der Waals surface area contributed by atoms with E-state index in [1.54, 1.807) is 0 Å². The van der Waals surface area contributed by atoms with Crippen molar-refractivity contribution in [2.24, 2.45) is 0 Å². The average molecular weight is 294 g/mol. The van der Waals surface area contributed by atoms with Crippen LogP contribution in [0.15, 0.2) is 48.5 Å². The Morgan fingerprint density at radius 2 is 1.91 bits per heavy atom. The highest BCUT2D eigenvalue weighted by Gasteiger charge is 2.15. The largest absolute Gasteiger partial charge is 0.481 e. The number of fused-ring (bicyclic) bond motifs is 1. The van der Waals surface area contributed by atoms with Crippen molar-refractivity contribution in [3.63, 3.8) is 0 Å². The molecule has 0 amide bonds. The van der Waals surface area contributed by atoms with E-state index in [2.05, 4.69) is 18.4 Å². The van der Waals surface area contributed by atoms with Gasteiger partial charge in [-0.2, -0.15) is 0 Å². The molecule has 0 aliphatic heterocycles. The maximum Gasteiger partial charge on any atom is 0.307 e. The van der Waals surface area contributed by atoms with E-state index in [-0.39, 0.29) is 12.5 Å². The molecule has 0 unspecified atom stereocenters. The number of nitrogens with zero attached hydrogens (tertiary/aromatic N) is 2. The number of carboxylic acid groups (broad SMARTS) is 1. The summed E-state index contributed by atoms with van der Waals surface area (Å²) in [7, 11) is 0. The van der Waals surface area contributed by atoms with Crippen molar-refractivity contribution < 1.29 is 9.90 Å². The third kappa shape index (κ3) is 2.60. The Bertz CT molecular complexity index is 820. The molecule has 0 radical (unpaired) electrons. The van der Waals surface area contributed by atoms with E-state index < -0.39 is 5.97 Å². The lowest BCUT2D eigenvalue weighted by molar-refractivity contribution is -0.136. The first kappa shape index (κ1) is 14.3. The van der Waals surface area contributed by atoms with Gasteiger partial charge in [0.2, 0.25) is 0 Å². The lowest BCUT2D eigenvalue weighted by Gasteiger charge is -2.13. The van der Waals surface area contributed by atoms with E-state index in [4.69, 9.17) is 10.1 Å². The number of hydrogen-bond acceptors (Lipinski definition) is 2. The maximum absolute atomic E-state index is 10.9. The van der Waals surface area contributed by atoms with Crippen molar-refractivity contribution in [3.8, 4) is 11.4 Å². The van der Waals surface area contributed by atoms with Crippen LogP contribution < -0.4 is 0 Å². The number of hydrogen-bond donors (Lipinski definition) is 1. The fourth-order valence-corrected chi connectivity index (χ4v) is 2.74. The number of imidazole rings is 1. The molecular formula is C18H18N2O2.